The van der Waals surface area contributed by atoms with Gasteiger partial charge in [-0.25, -0.2) is 13.1 Å². The lowest BCUT2D eigenvalue weighted by Crippen LogP contribution is -2.27. The molecule has 1 aromatic carbocycles. The van der Waals surface area contributed by atoms with Crippen LogP contribution in [-0.2, 0) is 14.8 Å². The topological polar surface area (TPSA) is 93.5 Å². The first-order valence-corrected chi connectivity index (χ1v) is 8.66. The number of nitrogen functional groups attached to an aromatic ring is 1. The number of nitrogens with one attached hydrogen (secondary N) is 2. The maximum absolute atomic E-state index is 12.0. The van der Waals surface area contributed by atoms with Gasteiger partial charge in [0.15, 0.2) is 0 Å². The van der Waals surface area contributed by atoms with E-state index in [1.807, 2.05) is 0 Å². The molecule has 4 N–H and O–H groups in total. The molecular weight excluding hydrogens is 290 g/mol. The summed E-state index contributed by atoms with van der Waals surface area (Å²) in [6.45, 7) is 5.66. The molecule has 0 saturated carbocycles. The average Bonchev–Trinajstić information content (AvgIpc) is 2.95. The van der Waals surface area contributed by atoms with E-state index in [1.54, 1.807) is 19.1 Å². The highest BCUT2D eigenvalue weighted by Gasteiger charge is 2.23. The quantitative estimate of drug-likeness (QED) is 0.690. The van der Waals surface area contributed by atoms with Gasteiger partial charge in [0.05, 0.1) is 22.9 Å². The molecule has 2 rings (SSSR count). The van der Waals surface area contributed by atoms with Crippen molar-refractivity contribution in [3.05, 3.63) is 18.2 Å². The van der Waals surface area contributed by atoms with Crippen molar-refractivity contribution in [3.63, 3.8) is 0 Å². The van der Waals surface area contributed by atoms with Crippen LogP contribution in [0.2, 0.25) is 0 Å². The number of hydrogen-bond donors (Lipinski definition) is 3. The number of benzene rings is 1. The molecule has 0 amide bonds. The van der Waals surface area contributed by atoms with Gasteiger partial charge in [0.2, 0.25) is 10.0 Å². The number of ether oxygens (including phenoxy) is 1. The molecule has 1 aliphatic heterocycles. The number of nitrogens with two attached hydrogens (primary N) is 1. The van der Waals surface area contributed by atoms with Crippen LogP contribution in [0.4, 0.5) is 11.4 Å². The molecule has 2 unspecified atom stereocenters. The van der Waals surface area contributed by atoms with Gasteiger partial charge in [-0.2, -0.15) is 0 Å². The largest absolute Gasteiger partial charge is 0.397 e. The van der Waals surface area contributed by atoms with Crippen LogP contribution in [0.15, 0.2) is 23.1 Å². The Balaban J connectivity index is 2.19. The van der Waals surface area contributed by atoms with Gasteiger partial charge in [-0.3, -0.25) is 0 Å². The molecule has 1 aromatic rings. The predicted octanol–water partition coefficient (Wildman–Crippen LogP) is 1.40. The third kappa shape index (κ3) is 3.87. The van der Waals surface area contributed by atoms with E-state index in [0.717, 1.165) is 19.6 Å². The number of rotatable bonds is 6. The molecule has 1 aliphatic rings. The Bertz CT molecular complexity index is 583. The Hall–Kier alpha value is -1.31. The summed E-state index contributed by atoms with van der Waals surface area (Å²) in [4.78, 5) is 0.218. The first-order valence-electron chi connectivity index (χ1n) is 7.17. The Morgan fingerprint density at radius 3 is 2.86 bits per heavy atom. The SMILES string of the molecule is CCNS(=O)(=O)c1ccc(N)c(NC(C)C2CCOC2)c1. The van der Waals surface area contributed by atoms with Crippen molar-refractivity contribution in [1.29, 1.82) is 0 Å². The van der Waals surface area contributed by atoms with Crippen molar-refractivity contribution in [2.75, 3.05) is 30.8 Å². The van der Waals surface area contributed by atoms with E-state index in [1.165, 1.54) is 6.07 Å². The molecule has 1 heterocycles. The van der Waals surface area contributed by atoms with Crippen molar-refractivity contribution in [2.24, 2.45) is 5.92 Å². The lowest BCUT2D eigenvalue weighted by molar-refractivity contribution is 0.183. The lowest BCUT2D eigenvalue weighted by atomic mass is 10.0. The van der Waals surface area contributed by atoms with Gasteiger partial charge in [-0.05, 0) is 31.5 Å². The van der Waals surface area contributed by atoms with E-state index in [4.69, 9.17) is 10.5 Å². The Morgan fingerprint density at radius 2 is 2.24 bits per heavy atom. The van der Waals surface area contributed by atoms with Crippen LogP contribution in [-0.4, -0.2) is 34.2 Å². The van der Waals surface area contributed by atoms with Crippen molar-refractivity contribution >= 4 is 21.4 Å². The fourth-order valence-corrected chi connectivity index (χ4v) is 3.48. The van der Waals surface area contributed by atoms with Gasteiger partial charge in [-0.15, -0.1) is 0 Å². The highest BCUT2D eigenvalue weighted by Crippen LogP contribution is 2.26. The van der Waals surface area contributed by atoms with Crippen molar-refractivity contribution in [1.82, 2.24) is 4.72 Å². The zero-order valence-corrected chi connectivity index (χ0v) is 13.2. The van der Waals surface area contributed by atoms with Crippen molar-refractivity contribution in [2.45, 2.75) is 31.2 Å². The summed E-state index contributed by atoms with van der Waals surface area (Å²) in [6.07, 6.45) is 1.00. The van der Waals surface area contributed by atoms with Crippen LogP contribution in [0.1, 0.15) is 20.3 Å². The molecule has 6 nitrogen and oxygen atoms in total. The van der Waals surface area contributed by atoms with E-state index >= 15 is 0 Å². The van der Waals surface area contributed by atoms with Gasteiger partial charge in [0.1, 0.15) is 0 Å². The molecule has 0 spiro atoms. The smallest absolute Gasteiger partial charge is 0.240 e. The molecule has 0 bridgehead atoms. The summed E-state index contributed by atoms with van der Waals surface area (Å²) >= 11 is 0. The van der Waals surface area contributed by atoms with E-state index < -0.39 is 10.0 Å². The second-order valence-corrected chi connectivity index (χ2v) is 7.07. The minimum atomic E-state index is -3.47. The molecule has 1 saturated heterocycles. The maximum Gasteiger partial charge on any atom is 0.240 e. The minimum absolute atomic E-state index is 0.173. The van der Waals surface area contributed by atoms with Gasteiger partial charge in [-0.1, -0.05) is 6.92 Å². The van der Waals surface area contributed by atoms with Crippen LogP contribution in [0, 0.1) is 5.92 Å². The van der Waals surface area contributed by atoms with Crippen LogP contribution >= 0.6 is 0 Å². The second kappa shape index (κ2) is 6.64. The molecule has 0 aliphatic carbocycles. The Kier molecular flexibility index (Phi) is 5.08. The number of sulfonamides is 1. The van der Waals surface area contributed by atoms with Gasteiger partial charge < -0.3 is 15.8 Å². The summed E-state index contributed by atoms with van der Waals surface area (Å²) in [5.41, 5.74) is 7.13. The van der Waals surface area contributed by atoms with E-state index in [-0.39, 0.29) is 10.9 Å². The summed E-state index contributed by atoms with van der Waals surface area (Å²) in [6, 6.07) is 4.89. The standard InChI is InChI=1S/C14H23N3O3S/c1-3-16-21(18,19)12-4-5-13(15)14(8-12)17-10(2)11-6-7-20-9-11/h4-5,8,10-11,16-17H,3,6-7,9,15H2,1-2H3. The van der Waals surface area contributed by atoms with Crippen molar-refractivity contribution in [3.8, 4) is 0 Å². The summed E-state index contributed by atoms with van der Waals surface area (Å²) < 4.78 is 31.9. The predicted molar refractivity (Wildman–Crippen MR) is 83.7 cm³/mol. The first-order chi connectivity index (χ1) is 9.94. The van der Waals surface area contributed by atoms with E-state index in [9.17, 15) is 8.42 Å². The minimum Gasteiger partial charge on any atom is -0.397 e. The summed E-state index contributed by atoms with van der Waals surface area (Å²) in [7, 11) is -3.47. The maximum atomic E-state index is 12.0. The molecule has 7 heteroatoms. The molecule has 21 heavy (non-hydrogen) atoms. The third-order valence-corrected chi connectivity index (χ3v) is 5.27. The van der Waals surface area contributed by atoms with Gasteiger partial charge in [0.25, 0.3) is 0 Å². The zero-order valence-electron chi connectivity index (χ0n) is 12.4. The summed E-state index contributed by atoms with van der Waals surface area (Å²) in [5, 5.41) is 3.31. The van der Waals surface area contributed by atoms with Gasteiger partial charge >= 0.3 is 0 Å². The molecule has 1 fully saturated rings. The van der Waals surface area contributed by atoms with Crippen LogP contribution < -0.4 is 15.8 Å². The fraction of sp³-hybridized carbons (Fsp3) is 0.571. The number of anilines is 2. The lowest BCUT2D eigenvalue weighted by Gasteiger charge is -2.22. The zero-order chi connectivity index (χ0) is 15.5. The monoisotopic (exact) mass is 313 g/mol. The molecule has 0 aromatic heterocycles. The average molecular weight is 313 g/mol. The Labute approximate surface area is 126 Å². The van der Waals surface area contributed by atoms with E-state index in [0.29, 0.717) is 23.8 Å². The van der Waals surface area contributed by atoms with Crippen LogP contribution in [0.3, 0.4) is 0 Å². The molecule has 118 valence electrons. The van der Waals surface area contributed by atoms with Crippen LogP contribution in [0.5, 0.6) is 0 Å². The molecule has 0 radical (unpaired) electrons. The van der Waals surface area contributed by atoms with Crippen LogP contribution in [0.25, 0.3) is 0 Å². The molecular formula is C14H23N3O3S. The fourth-order valence-electron chi connectivity index (χ4n) is 2.41. The van der Waals surface area contributed by atoms with Crippen molar-refractivity contribution < 1.29 is 13.2 Å². The highest BCUT2D eigenvalue weighted by atomic mass is 32.2. The third-order valence-electron chi connectivity index (χ3n) is 3.72. The number of hydrogen-bond acceptors (Lipinski definition) is 5. The normalized spacial score (nSPS) is 20.4. The summed E-state index contributed by atoms with van der Waals surface area (Å²) in [5.74, 6) is 0.415. The second-order valence-electron chi connectivity index (χ2n) is 5.31. The van der Waals surface area contributed by atoms with Gasteiger partial charge in [0, 0.05) is 25.1 Å². The van der Waals surface area contributed by atoms with E-state index in [2.05, 4.69) is 17.0 Å². The first kappa shape index (κ1) is 16.1. The highest BCUT2D eigenvalue weighted by molar-refractivity contribution is 7.89. The Morgan fingerprint density at radius 1 is 1.48 bits per heavy atom. The molecule has 2 atom stereocenters.